The van der Waals surface area contributed by atoms with E-state index in [0.29, 0.717) is 24.0 Å². The number of hydrogen-bond donors (Lipinski definition) is 1. The fourth-order valence-electron chi connectivity index (χ4n) is 3.00. The molecule has 1 aromatic carbocycles. The van der Waals surface area contributed by atoms with E-state index in [-0.39, 0.29) is 0 Å². The number of rotatable bonds is 7. The minimum atomic E-state index is -3.12. The molecule has 9 heteroatoms. The van der Waals surface area contributed by atoms with Gasteiger partial charge in [-0.1, -0.05) is 0 Å². The lowest BCUT2D eigenvalue weighted by Gasteiger charge is -2.40. The summed E-state index contributed by atoms with van der Waals surface area (Å²) < 4.78 is 35.4. The van der Waals surface area contributed by atoms with Crippen molar-refractivity contribution >= 4 is 26.7 Å². The summed E-state index contributed by atoms with van der Waals surface area (Å²) in [6.45, 7) is 2.14. The number of aromatic nitrogens is 2. The van der Waals surface area contributed by atoms with Gasteiger partial charge in [0.25, 0.3) is 0 Å². The lowest BCUT2D eigenvalue weighted by Crippen LogP contribution is -2.48. The Labute approximate surface area is 147 Å². The molecule has 0 bridgehead atoms. The van der Waals surface area contributed by atoms with E-state index in [9.17, 15) is 8.42 Å². The Morgan fingerprint density at radius 3 is 2.52 bits per heavy atom. The first-order valence-corrected chi connectivity index (χ1v) is 9.86. The van der Waals surface area contributed by atoms with Gasteiger partial charge in [-0.15, -0.1) is 0 Å². The number of ether oxygens (including phenoxy) is 2. The smallest absolute Gasteiger partial charge is 0.208 e. The van der Waals surface area contributed by atoms with E-state index in [0.717, 1.165) is 36.2 Å². The molecule has 136 valence electrons. The maximum absolute atomic E-state index is 11.1. The largest absolute Gasteiger partial charge is 0.493 e. The van der Waals surface area contributed by atoms with Crippen molar-refractivity contribution in [1.29, 1.82) is 0 Å². The third-order valence-electron chi connectivity index (χ3n) is 4.29. The summed E-state index contributed by atoms with van der Waals surface area (Å²) in [5.41, 5.74) is 0.796. The van der Waals surface area contributed by atoms with E-state index in [2.05, 4.69) is 19.6 Å². The topological polar surface area (TPSA) is 93.7 Å². The summed E-state index contributed by atoms with van der Waals surface area (Å²) in [5.74, 6) is 2.58. The predicted octanol–water partition coefficient (Wildman–Crippen LogP) is 1.02. The van der Waals surface area contributed by atoms with E-state index in [1.807, 2.05) is 12.1 Å². The Morgan fingerprint density at radius 1 is 1.20 bits per heavy atom. The highest BCUT2D eigenvalue weighted by molar-refractivity contribution is 7.88. The van der Waals surface area contributed by atoms with Crippen LogP contribution in [-0.4, -0.2) is 58.5 Å². The Hall–Kier alpha value is -2.13. The van der Waals surface area contributed by atoms with Crippen LogP contribution in [0.2, 0.25) is 0 Å². The second-order valence-corrected chi connectivity index (χ2v) is 7.98. The van der Waals surface area contributed by atoms with E-state index in [1.54, 1.807) is 20.5 Å². The van der Waals surface area contributed by atoms with E-state index < -0.39 is 10.0 Å². The van der Waals surface area contributed by atoms with Crippen molar-refractivity contribution in [3.63, 3.8) is 0 Å². The molecule has 1 aliphatic rings. The number of sulfonamides is 1. The first kappa shape index (κ1) is 17.7. The molecule has 2 heterocycles. The Balaban J connectivity index is 1.73. The molecule has 1 saturated heterocycles. The molecule has 0 amide bonds. The van der Waals surface area contributed by atoms with Crippen molar-refractivity contribution in [2.24, 2.45) is 5.92 Å². The SMILES string of the molecule is COc1cc2ncnc(N3CC(CCNS(C)(=O)=O)C3)c2cc1OC. The number of benzene rings is 1. The maximum Gasteiger partial charge on any atom is 0.208 e. The Bertz CT molecular complexity index is 866. The molecule has 8 nitrogen and oxygen atoms in total. The molecule has 1 aliphatic heterocycles. The zero-order valence-corrected chi connectivity index (χ0v) is 15.3. The third kappa shape index (κ3) is 3.93. The number of fused-ring (bicyclic) bond motifs is 1. The molecule has 0 spiro atoms. The van der Waals surface area contributed by atoms with Crippen molar-refractivity contribution in [3.05, 3.63) is 18.5 Å². The summed E-state index contributed by atoms with van der Waals surface area (Å²) in [6, 6.07) is 3.73. The van der Waals surface area contributed by atoms with E-state index in [1.165, 1.54) is 6.26 Å². The van der Waals surface area contributed by atoms with Crippen LogP contribution in [0.15, 0.2) is 18.5 Å². The number of anilines is 1. The number of hydrogen-bond acceptors (Lipinski definition) is 7. The first-order valence-electron chi connectivity index (χ1n) is 7.97. The highest BCUT2D eigenvalue weighted by atomic mass is 32.2. The van der Waals surface area contributed by atoms with Gasteiger partial charge in [-0.25, -0.2) is 23.1 Å². The maximum atomic E-state index is 11.1. The van der Waals surface area contributed by atoms with Gasteiger partial charge >= 0.3 is 0 Å². The van der Waals surface area contributed by atoms with E-state index in [4.69, 9.17) is 9.47 Å². The van der Waals surface area contributed by atoms with Crippen LogP contribution in [0.4, 0.5) is 5.82 Å². The van der Waals surface area contributed by atoms with Crippen molar-refractivity contribution in [1.82, 2.24) is 14.7 Å². The highest BCUT2D eigenvalue weighted by Gasteiger charge is 2.29. The molecule has 0 atom stereocenters. The quantitative estimate of drug-likeness (QED) is 0.782. The molecular formula is C16H22N4O4S. The van der Waals surface area contributed by atoms with Crippen LogP contribution in [0.5, 0.6) is 11.5 Å². The van der Waals surface area contributed by atoms with Crippen LogP contribution in [0, 0.1) is 5.92 Å². The van der Waals surface area contributed by atoms with Gasteiger partial charge in [-0.05, 0) is 18.4 Å². The van der Waals surface area contributed by atoms with Crippen LogP contribution in [0.3, 0.4) is 0 Å². The first-order chi connectivity index (χ1) is 11.9. The van der Waals surface area contributed by atoms with Gasteiger partial charge in [0.05, 0.1) is 26.0 Å². The normalized spacial score (nSPS) is 15.2. The summed E-state index contributed by atoms with van der Waals surface area (Å²) in [4.78, 5) is 10.9. The Morgan fingerprint density at radius 2 is 1.88 bits per heavy atom. The van der Waals surface area contributed by atoms with Crippen molar-refractivity contribution in [2.75, 3.05) is 45.0 Å². The second-order valence-electron chi connectivity index (χ2n) is 6.15. The molecule has 1 N–H and O–H groups in total. The Kier molecular flexibility index (Phi) is 4.96. The molecule has 0 aliphatic carbocycles. The number of nitrogens with zero attached hydrogens (tertiary/aromatic N) is 3. The van der Waals surface area contributed by atoms with Crippen molar-refractivity contribution in [2.45, 2.75) is 6.42 Å². The van der Waals surface area contributed by atoms with Gasteiger partial charge in [0.2, 0.25) is 10.0 Å². The van der Waals surface area contributed by atoms with Crippen LogP contribution in [-0.2, 0) is 10.0 Å². The molecular weight excluding hydrogens is 344 g/mol. The molecule has 0 unspecified atom stereocenters. The lowest BCUT2D eigenvalue weighted by molar-refractivity contribution is 0.355. The van der Waals surface area contributed by atoms with Crippen LogP contribution < -0.4 is 19.1 Å². The van der Waals surface area contributed by atoms with E-state index >= 15 is 0 Å². The predicted molar refractivity (Wildman–Crippen MR) is 95.8 cm³/mol. The molecule has 1 fully saturated rings. The second kappa shape index (κ2) is 7.01. The van der Waals surface area contributed by atoms with Gasteiger partial charge in [0.1, 0.15) is 12.1 Å². The van der Waals surface area contributed by atoms with Crippen LogP contribution >= 0.6 is 0 Å². The fraction of sp³-hybridized carbons (Fsp3) is 0.500. The molecule has 25 heavy (non-hydrogen) atoms. The average molecular weight is 366 g/mol. The van der Waals surface area contributed by atoms with Gasteiger partial charge in [0.15, 0.2) is 11.5 Å². The summed E-state index contributed by atoms with van der Waals surface area (Å²) in [6.07, 6.45) is 3.53. The van der Waals surface area contributed by atoms with Crippen molar-refractivity contribution < 1.29 is 17.9 Å². The summed E-state index contributed by atoms with van der Waals surface area (Å²) >= 11 is 0. The number of methoxy groups -OCH3 is 2. The molecule has 0 saturated carbocycles. The molecule has 1 aromatic heterocycles. The third-order valence-corrected chi connectivity index (χ3v) is 5.02. The minimum absolute atomic E-state index is 0.444. The number of nitrogens with one attached hydrogen (secondary N) is 1. The van der Waals surface area contributed by atoms with Crippen LogP contribution in [0.1, 0.15) is 6.42 Å². The van der Waals surface area contributed by atoms with Gasteiger partial charge < -0.3 is 14.4 Å². The highest BCUT2D eigenvalue weighted by Crippen LogP contribution is 2.36. The molecule has 2 aromatic rings. The zero-order valence-electron chi connectivity index (χ0n) is 14.5. The van der Waals surface area contributed by atoms with Crippen molar-refractivity contribution in [3.8, 4) is 11.5 Å². The van der Waals surface area contributed by atoms with Gasteiger partial charge in [-0.2, -0.15) is 0 Å². The summed E-state index contributed by atoms with van der Waals surface area (Å²) in [5, 5.41) is 0.910. The monoisotopic (exact) mass is 366 g/mol. The van der Waals surface area contributed by atoms with Gasteiger partial charge in [0, 0.05) is 31.1 Å². The average Bonchev–Trinajstić information content (AvgIpc) is 2.54. The standard InChI is InChI=1S/C16H22N4O4S/c1-23-14-6-12-13(7-15(14)24-2)17-10-18-16(12)20-8-11(9-20)4-5-19-25(3,21)22/h6-7,10-11,19H,4-5,8-9H2,1-3H3. The fourth-order valence-corrected chi connectivity index (χ4v) is 3.48. The molecule has 0 radical (unpaired) electrons. The zero-order chi connectivity index (χ0) is 18.0. The lowest BCUT2D eigenvalue weighted by atomic mass is 9.96. The minimum Gasteiger partial charge on any atom is -0.493 e. The summed E-state index contributed by atoms with van der Waals surface area (Å²) in [7, 11) is 0.0697. The molecule has 3 rings (SSSR count). The van der Waals surface area contributed by atoms with Crippen LogP contribution in [0.25, 0.3) is 10.9 Å². The van der Waals surface area contributed by atoms with Gasteiger partial charge in [-0.3, -0.25) is 0 Å².